The highest BCUT2D eigenvalue weighted by Crippen LogP contribution is 2.12. The van der Waals surface area contributed by atoms with Crippen LogP contribution >= 0.6 is 0 Å². The number of nitrogens with zero attached hydrogens (tertiary/aromatic N) is 2. The minimum absolute atomic E-state index is 0.486. The monoisotopic (exact) mass is 181 g/mol. The van der Waals surface area contributed by atoms with Crippen LogP contribution in [0, 0.1) is 0 Å². The van der Waals surface area contributed by atoms with Crippen LogP contribution in [0.25, 0.3) is 6.08 Å². The summed E-state index contributed by atoms with van der Waals surface area (Å²) in [4.78, 5) is 10.2. The topological polar surface area (TPSA) is 81.1 Å². The van der Waals surface area contributed by atoms with E-state index in [0.29, 0.717) is 17.9 Å². The van der Waals surface area contributed by atoms with Gasteiger partial charge in [-0.1, -0.05) is 0 Å². The van der Waals surface area contributed by atoms with Crippen molar-refractivity contribution in [3.05, 3.63) is 18.0 Å². The Labute approximate surface area is 75.5 Å². The number of aryl methyl sites for hydroxylation is 1. The highest BCUT2D eigenvalue weighted by atomic mass is 16.4. The normalized spacial score (nSPS) is 10.8. The van der Waals surface area contributed by atoms with Crippen LogP contribution in [-0.4, -0.2) is 20.9 Å². The van der Waals surface area contributed by atoms with Crippen molar-refractivity contribution < 1.29 is 9.90 Å². The molecule has 1 aromatic heterocycles. The summed E-state index contributed by atoms with van der Waals surface area (Å²) in [5.41, 5.74) is 6.69. The van der Waals surface area contributed by atoms with Gasteiger partial charge >= 0.3 is 5.97 Å². The number of carbonyl (C=O) groups is 1. The summed E-state index contributed by atoms with van der Waals surface area (Å²) >= 11 is 0. The van der Waals surface area contributed by atoms with Gasteiger partial charge in [0.05, 0.1) is 17.6 Å². The molecule has 1 aromatic rings. The van der Waals surface area contributed by atoms with Crippen molar-refractivity contribution in [2.45, 2.75) is 13.5 Å². The van der Waals surface area contributed by atoms with E-state index < -0.39 is 5.97 Å². The molecule has 0 aliphatic carbocycles. The van der Waals surface area contributed by atoms with Crippen LogP contribution in [0.5, 0.6) is 0 Å². The average molecular weight is 181 g/mol. The predicted octanol–water partition coefficient (Wildman–Crippen LogP) is 0.583. The number of anilines is 1. The van der Waals surface area contributed by atoms with Crippen LogP contribution < -0.4 is 5.73 Å². The summed E-state index contributed by atoms with van der Waals surface area (Å²) in [5, 5.41) is 12.4. The Morgan fingerprint density at radius 2 is 2.54 bits per heavy atom. The lowest BCUT2D eigenvalue weighted by Crippen LogP contribution is -2.00. The quantitative estimate of drug-likeness (QED) is 0.668. The van der Waals surface area contributed by atoms with E-state index in [9.17, 15) is 4.79 Å². The zero-order valence-corrected chi connectivity index (χ0v) is 7.27. The molecule has 0 radical (unpaired) electrons. The number of carboxylic acids is 1. The van der Waals surface area contributed by atoms with Crippen LogP contribution in [0.15, 0.2) is 12.3 Å². The van der Waals surface area contributed by atoms with E-state index in [2.05, 4.69) is 5.10 Å². The van der Waals surface area contributed by atoms with Gasteiger partial charge in [-0.2, -0.15) is 5.10 Å². The van der Waals surface area contributed by atoms with Gasteiger partial charge < -0.3 is 10.8 Å². The molecule has 0 unspecified atom stereocenters. The molecule has 1 rings (SSSR count). The van der Waals surface area contributed by atoms with E-state index in [1.165, 1.54) is 12.3 Å². The zero-order chi connectivity index (χ0) is 9.84. The largest absolute Gasteiger partial charge is 0.478 e. The fourth-order valence-electron chi connectivity index (χ4n) is 0.994. The van der Waals surface area contributed by atoms with E-state index >= 15 is 0 Å². The van der Waals surface area contributed by atoms with E-state index in [0.717, 1.165) is 6.08 Å². The minimum Gasteiger partial charge on any atom is -0.478 e. The van der Waals surface area contributed by atoms with Gasteiger partial charge in [0.2, 0.25) is 0 Å². The Morgan fingerprint density at radius 3 is 3.08 bits per heavy atom. The molecule has 0 spiro atoms. The first kappa shape index (κ1) is 9.31. The number of aliphatic carboxylic acids is 1. The molecule has 1 heterocycles. The van der Waals surface area contributed by atoms with Gasteiger partial charge in [0.15, 0.2) is 0 Å². The lowest BCUT2D eigenvalue weighted by Gasteiger charge is -1.98. The maximum atomic E-state index is 10.2. The highest BCUT2D eigenvalue weighted by molar-refractivity contribution is 5.86. The van der Waals surface area contributed by atoms with Crippen molar-refractivity contribution >= 4 is 17.7 Å². The van der Waals surface area contributed by atoms with Crippen molar-refractivity contribution in [1.82, 2.24) is 9.78 Å². The Hall–Kier alpha value is -1.78. The molecule has 0 saturated carbocycles. The molecular weight excluding hydrogens is 170 g/mol. The summed E-state index contributed by atoms with van der Waals surface area (Å²) in [5.74, 6) is -0.997. The van der Waals surface area contributed by atoms with Gasteiger partial charge in [-0.25, -0.2) is 4.79 Å². The number of aromatic nitrogens is 2. The number of nitrogens with two attached hydrogens (primary N) is 1. The average Bonchev–Trinajstić information content (AvgIpc) is 2.43. The summed E-state index contributed by atoms with van der Waals surface area (Å²) in [7, 11) is 0. The molecule has 0 aromatic carbocycles. The maximum absolute atomic E-state index is 10.2. The molecule has 0 atom stereocenters. The Balaban J connectivity index is 2.98. The van der Waals surface area contributed by atoms with E-state index in [1.54, 1.807) is 4.68 Å². The molecule has 3 N–H and O–H groups in total. The van der Waals surface area contributed by atoms with Gasteiger partial charge in [0, 0.05) is 12.6 Å². The second-order valence-electron chi connectivity index (χ2n) is 2.47. The van der Waals surface area contributed by atoms with Crippen LogP contribution in [0.4, 0.5) is 5.69 Å². The smallest absolute Gasteiger partial charge is 0.328 e. The Kier molecular flexibility index (Phi) is 2.69. The summed E-state index contributed by atoms with van der Waals surface area (Å²) < 4.78 is 1.63. The first-order valence-corrected chi connectivity index (χ1v) is 3.87. The van der Waals surface area contributed by atoms with Crippen molar-refractivity contribution in [3.63, 3.8) is 0 Å². The van der Waals surface area contributed by atoms with Crippen molar-refractivity contribution in [3.8, 4) is 0 Å². The number of nitrogen functional groups attached to an aromatic ring is 1. The molecule has 0 amide bonds. The third kappa shape index (κ3) is 2.08. The van der Waals surface area contributed by atoms with Gasteiger partial charge in [0.1, 0.15) is 0 Å². The second-order valence-corrected chi connectivity index (χ2v) is 2.47. The molecule has 0 fully saturated rings. The van der Waals surface area contributed by atoms with Gasteiger partial charge in [-0.15, -0.1) is 0 Å². The Morgan fingerprint density at radius 1 is 1.85 bits per heavy atom. The van der Waals surface area contributed by atoms with Crippen molar-refractivity contribution in [2.24, 2.45) is 0 Å². The van der Waals surface area contributed by atoms with Gasteiger partial charge in [0.25, 0.3) is 0 Å². The summed E-state index contributed by atoms with van der Waals surface area (Å²) in [6, 6.07) is 0. The maximum Gasteiger partial charge on any atom is 0.328 e. The van der Waals surface area contributed by atoms with Crippen LogP contribution in [0.2, 0.25) is 0 Å². The summed E-state index contributed by atoms with van der Waals surface area (Å²) in [6.45, 7) is 2.57. The molecule has 5 nitrogen and oxygen atoms in total. The lowest BCUT2D eigenvalue weighted by molar-refractivity contribution is -0.131. The van der Waals surface area contributed by atoms with Gasteiger partial charge in [-0.05, 0) is 13.0 Å². The second kappa shape index (κ2) is 3.75. The van der Waals surface area contributed by atoms with Gasteiger partial charge in [-0.3, -0.25) is 4.68 Å². The molecule has 13 heavy (non-hydrogen) atoms. The third-order valence-corrected chi connectivity index (χ3v) is 1.59. The fraction of sp³-hybridized carbons (Fsp3) is 0.250. The number of carboxylic acid groups (broad SMARTS) is 1. The van der Waals surface area contributed by atoms with Crippen molar-refractivity contribution in [1.29, 1.82) is 0 Å². The Bertz CT molecular complexity index is 341. The minimum atomic E-state index is -0.997. The molecule has 5 heteroatoms. The molecular formula is C8H11N3O2. The first-order valence-electron chi connectivity index (χ1n) is 3.87. The third-order valence-electron chi connectivity index (χ3n) is 1.59. The predicted molar refractivity (Wildman–Crippen MR) is 49.0 cm³/mol. The van der Waals surface area contributed by atoms with E-state index in [4.69, 9.17) is 10.8 Å². The highest BCUT2D eigenvalue weighted by Gasteiger charge is 2.02. The lowest BCUT2D eigenvalue weighted by atomic mass is 10.3. The molecule has 0 saturated heterocycles. The molecule has 0 aliphatic rings. The number of hydrogen-bond acceptors (Lipinski definition) is 3. The number of rotatable bonds is 3. The zero-order valence-electron chi connectivity index (χ0n) is 7.27. The van der Waals surface area contributed by atoms with Crippen molar-refractivity contribution in [2.75, 3.05) is 5.73 Å². The fourth-order valence-corrected chi connectivity index (χ4v) is 0.994. The van der Waals surface area contributed by atoms with Crippen LogP contribution in [0.1, 0.15) is 12.6 Å². The molecule has 0 bridgehead atoms. The van der Waals surface area contributed by atoms with E-state index in [1.807, 2.05) is 6.92 Å². The van der Waals surface area contributed by atoms with Crippen LogP contribution in [0.3, 0.4) is 0 Å². The van der Waals surface area contributed by atoms with E-state index in [-0.39, 0.29) is 0 Å². The molecule has 70 valence electrons. The summed E-state index contributed by atoms with van der Waals surface area (Å²) in [6.07, 6.45) is 3.98. The first-order chi connectivity index (χ1) is 6.15. The van der Waals surface area contributed by atoms with Crippen LogP contribution in [-0.2, 0) is 11.3 Å². The molecule has 0 aliphatic heterocycles. The number of hydrogen-bond donors (Lipinski definition) is 2. The SMILES string of the molecule is CCn1ncc(N)c1/C=C/C(=O)O. The standard InChI is InChI=1S/C8H11N3O2/c1-2-11-7(3-4-8(12)13)6(9)5-10-11/h3-5H,2,9H2,1H3,(H,12,13)/b4-3+.